The number of rotatable bonds is 15. The van der Waals surface area contributed by atoms with Gasteiger partial charge in [0.15, 0.2) is 0 Å². The largest absolute Gasteiger partial charge is 0.0929 e. The van der Waals surface area contributed by atoms with Crippen molar-refractivity contribution in [1.82, 2.24) is 0 Å². The zero-order valence-corrected chi connectivity index (χ0v) is 17.5. The highest BCUT2D eigenvalue weighted by molar-refractivity contribution is 6.73. The molecule has 1 heteroatoms. The molecular weight excluding hydrogens is 292 g/mol. The lowest BCUT2D eigenvalue weighted by Gasteiger charge is -2.15. The normalized spacial score (nSPS) is 17.4. The average Bonchev–Trinajstić information content (AvgIpc) is 2.94. The highest BCUT2D eigenvalue weighted by Crippen LogP contribution is 2.30. The molecule has 0 amide bonds. The second kappa shape index (κ2) is 14.1. The van der Waals surface area contributed by atoms with Crippen LogP contribution in [-0.2, 0) is 0 Å². The Hall–Kier alpha value is -0.303. The molecule has 1 aliphatic rings. The van der Waals surface area contributed by atoms with Crippen molar-refractivity contribution in [1.29, 1.82) is 0 Å². The van der Waals surface area contributed by atoms with E-state index in [1.54, 1.807) is 5.57 Å². The molecule has 23 heavy (non-hydrogen) atoms. The molecule has 0 saturated heterocycles. The van der Waals surface area contributed by atoms with Gasteiger partial charge in [0.1, 0.15) is 0 Å². The summed E-state index contributed by atoms with van der Waals surface area (Å²) in [6.45, 7) is 6.95. The first-order chi connectivity index (χ1) is 11.3. The van der Waals surface area contributed by atoms with Crippen LogP contribution in [0.1, 0.15) is 111 Å². The van der Waals surface area contributed by atoms with Crippen LogP contribution >= 0.6 is 0 Å². The van der Waals surface area contributed by atoms with Gasteiger partial charge in [0.25, 0.3) is 0 Å². The molecule has 134 valence electrons. The van der Waals surface area contributed by atoms with Crippen LogP contribution in [0.5, 0.6) is 0 Å². The topological polar surface area (TPSA) is 0 Å². The van der Waals surface area contributed by atoms with E-state index in [2.05, 4.69) is 32.5 Å². The van der Waals surface area contributed by atoms with Crippen molar-refractivity contribution in [3.63, 3.8) is 0 Å². The number of hydrogen-bond acceptors (Lipinski definition) is 0. The fourth-order valence-corrected chi connectivity index (χ4v) is 7.09. The van der Waals surface area contributed by atoms with Crippen LogP contribution in [-0.4, -0.2) is 8.80 Å². The minimum atomic E-state index is -0.708. The first-order valence-electron chi connectivity index (χ1n) is 10.7. The maximum absolute atomic E-state index is 2.68. The molecule has 1 atom stereocenters. The SMILES string of the molecule is CCCCCCC1=C(CCCCCC)[SiH](CCCCCC)C=C1. The minimum absolute atomic E-state index is 0.708. The van der Waals surface area contributed by atoms with Gasteiger partial charge in [-0.1, -0.05) is 114 Å². The van der Waals surface area contributed by atoms with E-state index in [0.717, 1.165) is 0 Å². The molecule has 0 aromatic carbocycles. The van der Waals surface area contributed by atoms with Crippen molar-refractivity contribution in [2.75, 3.05) is 0 Å². The molecule has 0 aliphatic carbocycles. The van der Waals surface area contributed by atoms with E-state index in [1.165, 1.54) is 95.9 Å². The standard InChI is InChI=1S/C22H42Si/c1-4-7-10-13-16-21-18-20-23(19-15-12-9-6-3)22(21)17-14-11-8-5-2/h18,20,23H,4-17,19H2,1-3H3. The summed E-state index contributed by atoms with van der Waals surface area (Å²) in [5.41, 5.74) is 4.46. The quantitative estimate of drug-likeness (QED) is 0.213. The third kappa shape index (κ3) is 8.93. The molecule has 0 radical (unpaired) electrons. The van der Waals surface area contributed by atoms with Crippen LogP contribution < -0.4 is 0 Å². The monoisotopic (exact) mass is 334 g/mol. The van der Waals surface area contributed by atoms with Crippen molar-refractivity contribution < 1.29 is 0 Å². The maximum Gasteiger partial charge on any atom is 0.0892 e. The Kier molecular flexibility index (Phi) is 12.7. The summed E-state index contributed by atoms with van der Waals surface area (Å²) in [7, 11) is -0.708. The minimum Gasteiger partial charge on any atom is -0.0929 e. The molecule has 0 aromatic rings. The Morgan fingerprint density at radius 2 is 1.22 bits per heavy atom. The molecule has 0 aromatic heterocycles. The highest BCUT2D eigenvalue weighted by atomic mass is 28.3. The van der Waals surface area contributed by atoms with Gasteiger partial charge in [0.2, 0.25) is 0 Å². The first kappa shape index (κ1) is 20.7. The number of hydrogen-bond donors (Lipinski definition) is 0. The van der Waals surface area contributed by atoms with Gasteiger partial charge >= 0.3 is 0 Å². The van der Waals surface area contributed by atoms with Crippen LogP contribution in [0.3, 0.4) is 0 Å². The maximum atomic E-state index is 2.68. The van der Waals surface area contributed by atoms with E-state index in [1.807, 2.05) is 5.20 Å². The van der Waals surface area contributed by atoms with E-state index >= 15 is 0 Å². The van der Waals surface area contributed by atoms with E-state index < -0.39 is 8.80 Å². The smallest absolute Gasteiger partial charge is 0.0892 e. The predicted molar refractivity (Wildman–Crippen MR) is 110 cm³/mol. The summed E-state index contributed by atoms with van der Waals surface area (Å²) in [6.07, 6.45) is 22.4. The Balaban J connectivity index is 2.47. The van der Waals surface area contributed by atoms with Crippen molar-refractivity contribution >= 4 is 8.80 Å². The van der Waals surface area contributed by atoms with Crippen LogP contribution in [0.2, 0.25) is 6.04 Å². The summed E-state index contributed by atoms with van der Waals surface area (Å²) in [4.78, 5) is 0. The molecule has 0 N–H and O–H groups in total. The van der Waals surface area contributed by atoms with Crippen LogP contribution in [0.25, 0.3) is 0 Å². The Morgan fingerprint density at radius 3 is 1.83 bits per heavy atom. The Labute approximate surface area is 148 Å². The Morgan fingerprint density at radius 1 is 0.652 bits per heavy atom. The fraction of sp³-hybridized carbons (Fsp3) is 0.818. The predicted octanol–water partition coefficient (Wildman–Crippen LogP) is 7.68. The van der Waals surface area contributed by atoms with E-state index in [0.29, 0.717) is 0 Å². The van der Waals surface area contributed by atoms with Crippen LogP contribution in [0.4, 0.5) is 0 Å². The molecule has 1 rings (SSSR count). The second-order valence-corrected chi connectivity index (χ2v) is 10.4. The van der Waals surface area contributed by atoms with Crippen molar-refractivity contribution in [2.45, 2.75) is 117 Å². The van der Waals surface area contributed by atoms with E-state index in [-0.39, 0.29) is 0 Å². The Bertz CT molecular complexity index is 340. The van der Waals surface area contributed by atoms with Gasteiger partial charge in [-0.2, -0.15) is 0 Å². The summed E-state index contributed by atoms with van der Waals surface area (Å²) >= 11 is 0. The van der Waals surface area contributed by atoms with Gasteiger partial charge in [-0.15, -0.1) is 0 Å². The molecule has 0 bridgehead atoms. The zero-order chi connectivity index (χ0) is 16.8. The fourth-order valence-electron chi connectivity index (χ4n) is 3.83. The van der Waals surface area contributed by atoms with Crippen molar-refractivity contribution in [3.05, 3.63) is 22.5 Å². The van der Waals surface area contributed by atoms with Gasteiger partial charge in [-0.05, 0) is 25.7 Å². The van der Waals surface area contributed by atoms with Gasteiger partial charge in [-0.25, -0.2) is 0 Å². The molecule has 1 unspecified atom stereocenters. The average molecular weight is 335 g/mol. The second-order valence-electron chi connectivity index (χ2n) is 7.49. The lowest BCUT2D eigenvalue weighted by Crippen LogP contribution is -2.12. The third-order valence-corrected chi connectivity index (χ3v) is 8.60. The van der Waals surface area contributed by atoms with Gasteiger partial charge in [0, 0.05) is 0 Å². The van der Waals surface area contributed by atoms with Crippen molar-refractivity contribution in [3.8, 4) is 0 Å². The summed E-state index contributed by atoms with van der Waals surface area (Å²) < 4.78 is 0. The zero-order valence-electron chi connectivity index (χ0n) is 16.3. The van der Waals surface area contributed by atoms with Crippen LogP contribution in [0, 0.1) is 0 Å². The summed E-state index contributed by atoms with van der Waals surface area (Å²) in [5, 5.41) is 1.97. The molecule has 0 saturated carbocycles. The number of allylic oxidation sites excluding steroid dienone is 3. The number of unbranched alkanes of at least 4 members (excludes halogenated alkanes) is 9. The first-order valence-corrected chi connectivity index (χ1v) is 12.8. The lowest BCUT2D eigenvalue weighted by molar-refractivity contribution is 0.656. The molecule has 1 heterocycles. The summed E-state index contributed by atoms with van der Waals surface area (Å²) in [6, 6.07) is 1.54. The van der Waals surface area contributed by atoms with Gasteiger partial charge < -0.3 is 0 Å². The summed E-state index contributed by atoms with van der Waals surface area (Å²) in [5.74, 6) is 0. The van der Waals surface area contributed by atoms with Crippen molar-refractivity contribution in [2.24, 2.45) is 0 Å². The van der Waals surface area contributed by atoms with Gasteiger partial charge in [-0.3, -0.25) is 0 Å². The molecule has 0 nitrogen and oxygen atoms in total. The molecule has 0 fully saturated rings. The molecule has 0 spiro atoms. The lowest BCUT2D eigenvalue weighted by atomic mass is 10.0. The molecule has 1 aliphatic heterocycles. The van der Waals surface area contributed by atoms with E-state index in [9.17, 15) is 0 Å². The third-order valence-electron chi connectivity index (χ3n) is 5.36. The highest BCUT2D eigenvalue weighted by Gasteiger charge is 2.20. The van der Waals surface area contributed by atoms with E-state index in [4.69, 9.17) is 0 Å². The van der Waals surface area contributed by atoms with Crippen LogP contribution in [0.15, 0.2) is 22.5 Å². The van der Waals surface area contributed by atoms with Gasteiger partial charge in [0.05, 0.1) is 8.80 Å². The molecular formula is C22H42Si.